The molecule has 30 heavy (non-hydrogen) atoms. The van der Waals surface area contributed by atoms with Crippen LogP contribution in [0, 0.1) is 6.92 Å². The van der Waals surface area contributed by atoms with Gasteiger partial charge in [0.05, 0.1) is 17.8 Å². The van der Waals surface area contributed by atoms with Gasteiger partial charge in [-0.25, -0.2) is 9.97 Å². The molecule has 6 heteroatoms. The first-order valence-corrected chi connectivity index (χ1v) is 10.6. The van der Waals surface area contributed by atoms with Gasteiger partial charge in [-0.05, 0) is 70.8 Å². The summed E-state index contributed by atoms with van der Waals surface area (Å²) in [6.07, 6.45) is 5.33. The standard InChI is InChI=1S/C24H19N5S/c1-16-14-30-15-21(16)17-7-8-22-20(11-17)24(27-13-19-6-2-3-10-26-19)29-23(28-22)18-5-4-9-25-12-18/h2-12,14-15H,13H2,1H3,(H,27,28,29). The monoisotopic (exact) mass is 409 g/mol. The van der Waals surface area contributed by atoms with Gasteiger partial charge < -0.3 is 5.32 Å². The molecule has 0 unspecified atom stereocenters. The van der Waals surface area contributed by atoms with Gasteiger partial charge in [-0.2, -0.15) is 11.3 Å². The summed E-state index contributed by atoms with van der Waals surface area (Å²) < 4.78 is 0. The lowest BCUT2D eigenvalue weighted by molar-refractivity contribution is 1.03. The number of anilines is 1. The number of fused-ring (bicyclic) bond motifs is 1. The van der Waals surface area contributed by atoms with Gasteiger partial charge in [0, 0.05) is 29.5 Å². The number of aromatic nitrogens is 4. The van der Waals surface area contributed by atoms with Crippen molar-refractivity contribution in [3.63, 3.8) is 0 Å². The van der Waals surface area contributed by atoms with Gasteiger partial charge in [0.1, 0.15) is 5.82 Å². The molecule has 5 nitrogen and oxygen atoms in total. The minimum atomic E-state index is 0.584. The molecule has 5 rings (SSSR count). The molecule has 4 heterocycles. The molecule has 0 aliphatic rings. The van der Waals surface area contributed by atoms with Crippen LogP contribution < -0.4 is 5.32 Å². The first kappa shape index (κ1) is 18.4. The summed E-state index contributed by atoms with van der Waals surface area (Å²) >= 11 is 1.72. The highest BCUT2D eigenvalue weighted by Crippen LogP contribution is 2.32. The first-order chi connectivity index (χ1) is 14.8. The maximum atomic E-state index is 4.84. The van der Waals surface area contributed by atoms with E-state index >= 15 is 0 Å². The van der Waals surface area contributed by atoms with E-state index in [0.29, 0.717) is 12.4 Å². The van der Waals surface area contributed by atoms with Gasteiger partial charge in [0.25, 0.3) is 0 Å². The Morgan fingerprint density at radius 1 is 0.933 bits per heavy atom. The molecule has 0 saturated heterocycles. The summed E-state index contributed by atoms with van der Waals surface area (Å²) in [5, 5.41) is 8.81. The number of hydrogen-bond donors (Lipinski definition) is 1. The van der Waals surface area contributed by atoms with E-state index in [0.717, 1.165) is 28.0 Å². The summed E-state index contributed by atoms with van der Waals surface area (Å²) in [7, 11) is 0. The minimum absolute atomic E-state index is 0.584. The lowest BCUT2D eigenvalue weighted by atomic mass is 10.0. The number of aryl methyl sites for hydroxylation is 1. The van der Waals surface area contributed by atoms with Crippen LogP contribution in [-0.2, 0) is 6.54 Å². The third-order valence-electron chi connectivity index (χ3n) is 4.95. The molecule has 5 aromatic rings. The maximum Gasteiger partial charge on any atom is 0.163 e. The van der Waals surface area contributed by atoms with Crippen molar-refractivity contribution in [3.05, 3.63) is 89.1 Å². The topological polar surface area (TPSA) is 63.6 Å². The Morgan fingerprint density at radius 3 is 2.67 bits per heavy atom. The van der Waals surface area contributed by atoms with E-state index in [-0.39, 0.29) is 0 Å². The minimum Gasteiger partial charge on any atom is -0.364 e. The zero-order valence-corrected chi connectivity index (χ0v) is 17.2. The van der Waals surface area contributed by atoms with Crippen molar-refractivity contribution in [2.45, 2.75) is 13.5 Å². The molecule has 0 aliphatic heterocycles. The lowest BCUT2D eigenvalue weighted by Crippen LogP contribution is -2.05. The van der Waals surface area contributed by atoms with Crippen LogP contribution in [0.4, 0.5) is 5.82 Å². The van der Waals surface area contributed by atoms with Crippen molar-refractivity contribution in [3.8, 4) is 22.5 Å². The predicted molar refractivity (Wildman–Crippen MR) is 122 cm³/mol. The highest BCUT2D eigenvalue weighted by Gasteiger charge is 2.12. The molecule has 1 N–H and O–H groups in total. The van der Waals surface area contributed by atoms with Crippen molar-refractivity contribution in [1.29, 1.82) is 0 Å². The fraction of sp³-hybridized carbons (Fsp3) is 0.0833. The Hall–Kier alpha value is -3.64. The largest absolute Gasteiger partial charge is 0.364 e. The van der Waals surface area contributed by atoms with Crippen LogP contribution in [0.1, 0.15) is 11.3 Å². The van der Waals surface area contributed by atoms with Gasteiger partial charge in [0.15, 0.2) is 5.82 Å². The van der Waals surface area contributed by atoms with Gasteiger partial charge in [-0.15, -0.1) is 0 Å². The van der Waals surface area contributed by atoms with E-state index in [1.807, 2.05) is 30.3 Å². The molecule has 0 bridgehead atoms. The second kappa shape index (κ2) is 8.00. The highest BCUT2D eigenvalue weighted by atomic mass is 32.1. The maximum absolute atomic E-state index is 4.84. The molecule has 4 aromatic heterocycles. The predicted octanol–water partition coefficient (Wildman–Crippen LogP) is 5.74. The highest BCUT2D eigenvalue weighted by molar-refractivity contribution is 7.08. The molecule has 1 aromatic carbocycles. The fourth-order valence-corrected chi connectivity index (χ4v) is 4.25. The van der Waals surface area contributed by atoms with Crippen LogP contribution >= 0.6 is 11.3 Å². The van der Waals surface area contributed by atoms with E-state index in [2.05, 4.69) is 51.2 Å². The van der Waals surface area contributed by atoms with E-state index in [1.165, 1.54) is 16.7 Å². The van der Waals surface area contributed by atoms with Crippen LogP contribution in [0.2, 0.25) is 0 Å². The summed E-state index contributed by atoms with van der Waals surface area (Å²) in [5.41, 5.74) is 6.42. The summed E-state index contributed by atoms with van der Waals surface area (Å²) in [5.74, 6) is 1.44. The number of pyridine rings is 2. The zero-order valence-electron chi connectivity index (χ0n) is 16.4. The summed E-state index contributed by atoms with van der Waals surface area (Å²) in [6.45, 7) is 2.72. The van der Waals surface area contributed by atoms with E-state index in [1.54, 1.807) is 29.9 Å². The number of nitrogens with zero attached hydrogens (tertiary/aromatic N) is 4. The van der Waals surface area contributed by atoms with Gasteiger partial charge >= 0.3 is 0 Å². The first-order valence-electron chi connectivity index (χ1n) is 9.67. The lowest BCUT2D eigenvalue weighted by Gasteiger charge is -2.12. The second-order valence-electron chi connectivity index (χ2n) is 7.01. The Morgan fingerprint density at radius 2 is 1.90 bits per heavy atom. The number of rotatable bonds is 5. The molecule has 146 valence electrons. The number of nitrogens with one attached hydrogen (secondary N) is 1. The molecular formula is C24H19N5S. The molecule has 0 atom stereocenters. The summed E-state index contributed by atoms with van der Waals surface area (Å²) in [6, 6.07) is 16.1. The average molecular weight is 410 g/mol. The van der Waals surface area contributed by atoms with Crippen molar-refractivity contribution >= 4 is 28.1 Å². The van der Waals surface area contributed by atoms with E-state index in [9.17, 15) is 0 Å². The SMILES string of the molecule is Cc1cscc1-c1ccc2nc(-c3cccnc3)nc(NCc3ccccn3)c2c1. The number of hydrogen-bond acceptors (Lipinski definition) is 6. The van der Waals surface area contributed by atoms with Crippen LogP contribution in [0.15, 0.2) is 77.9 Å². The van der Waals surface area contributed by atoms with Gasteiger partial charge in [0.2, 0.25) is 0 Å². The molecule has 0 saturated carbocycles. The van der Waals surface area contributed by atoms with Gasteiger partial charge in [-0.3, -0.25) is 9.97 Å². The quantitative estimate of drug-likeness (QED) is 0.401. The Balaban J connectivity index is 1.62. The summed E-state index contributed by atoms with van der Waals surface area (Å²) in [4.78, 5) is 18.3. The average Bonchev–Trinajstić information content (AvgIpc) is 3.24. The Bertz CT molecular complexity index is 1300. The molecule has 0 radical (unpaired) electrons. The van der Waals surface area contributed by atoms with Crippen LogP contribution in [0.3, 0.4) is 0 Å². The molecule has 0 fully saturated rings. The van der Waals surface area contributed by atoms with Crippen LogP contribution in [0.25, 0.3) is 33.4 Å². The second-order valence-corrected chi connectivity index (χ2v) is 7.76. The van der Waals surface area contributed by atoms with Crippen molar-refractivity contribution < 1.29 is 0 Å². The molecular weight excluding hydrogens is 390 g/mol. The van der Waals surface area contributed by atoms with E-state index < -0.39 is 0 Å². The zero-order chi connectivity index (χ0) is 20.3. The number of thiophene rings is 1. The van der Waals surface area contributed by atoms with Crippen LogP contribution in [-0.4, -0.2) is 19.9 Å². The molecule has 0 aliphatic carbocycles. The van der Waals surface area contributed by atoms with E-state index in [4.69, 9.17) is 9.97 Å². The van der Waals surface area contributed by atoms with Crippen molar-refractivity contribution in [2.24, 2.45) is 0 Å². The molecule has 0 amide bonds. The van der Waals surface area contributed by atoms with Crippen molar-refractivity contribution in [1.82, 2.24) is 19.9 Å². The number of benzene rings is 1. The third kappa shape index (κ3) is 3.65. The fourth-order valence-electron chi connectivity index (χ4n) is 3.39. The molecule has 0 spiro atoms. The Labute approximate surface area is 178 Å². The van der Waals surface area contributed by atoms with Crippen LogP contribution in [0.5, 0.6) is 0 Å². The third-order valence-corrected chi connectivity index (χ3v) is 5.81. The Kier molecular flexibility index (Phi) is 4.91. The smallest absolute Gasteiger partial charge is 0.163 e. The van der Waals surface area contributed by atoms with Crippen molar-refractivity contribution in [2.75, 3.05) is 5.32 Å². The normalized spacial score (nSPS) is 11.0. The van der Waals surface area contributed by atoms with Gasteiger partial charge in [-0.1, -0.05) is 12.1 Å².